The number of nitro groups is 1. The van der Waals surface area contributed by atoms with E-state index >= 15 is 0 Å². The second-order valence-electron chi connectivity index (χ2n) is 6.75. The molecule has 2 N–H and O–H groups in total. The van der Waals surface area contributed by atoms with Gasteiger partial charge in [-0.1, -0.05) is 12.1 Å². The molecule has 1 heterocycles. The maximum Gasteiger partial charge on any atom is 0.274 e. The van der Waals surface area contributed by atoms with Gasteiger partial charge in [0.25, 0.3) is 5.69 Å². The summed E-state index contributed by atoms with van der Waals surface area (Å²) in [5, 5.41) is 16.5. The van der Waals surface area contributed by atoms with Crippen molar-refractivity contribution < 1.29 is 18.1 Å². The summed E-state index contributed by atoms with van der Waals surface area (Å²) in [4.78, 5) is 22.9. The monoisotopic (exact) mass is 418 g/mol. The standard InChI is InChI=1S/C19H22N4O5S/c1-14-17(8-5-9-18(14)23(25)26)20-13-19(24)21-15-6-4-7-16(12-15)29(27,28)22-10-2-3-11-22/h4-9,12,20H,2-3,10-11,13H2,1H3,(H,21,24). The molecule has 154 valence electrons. The lowest BCUT2D eigenvalue weighted by Gasteiger charge is -2.16. The van der Waals surface area contributed by atoms with Gasteiger partial charge in [0.15, 0.2) is 0 Å². The van der Waals surface area contributed by atoms with Crippen molar-refractivity contribution in [3.63, 3.8) is 0 Å². The first-order valence-electron chi connectivity index (χ1n) is 9.17. The maximum absolute atomic E-state index is 12.7. The Kier molecular flexibility index (Phi) is 6.14. The lowest BCUT2D eigenvalue weighted by Crippen LogP contribution is -2.28. The van der Waals surface area contributed by atoms with E-state index in [9.17, 15) is 23.3 Å². The molecule has 2 aromatic carbocycles. The second kappa shape index (κ2) is 8.58. The molecule has 0 unspecified atom stereocenters. The fraction of sp³-hybridized carbons (Fsp3) is 0.316. The minimum absolute atomic E-state index is 0.0322. The van der Waals surface area contributed by atoms with Gasteiger partial charge >= 0.3 is 0 Å². The average molecular weight is 418 g/mol. The number of nitro benzene ring substituents is 1. The normalized spacial score (nSPS) is 14.5. The number of hydrogen-bond acceptors (Lipinski definition) is 6. The van der Waals surface area contributed by atoms with Gasteiger partial charge in [0.05, 0.1) is 16.4 Å². The Morgan fingerprint density at radius 3 is 2.55 bits per heavy atom. The van der Waals surface area contributed by atoms with E-state index in [1.807, 2.05) is 0 Å². The molecule has 0 bridgehead atoms. The number of nitrogens with zero attached hydrogens (tertiary/aromatic N) is 2. The quantitative estimate of drug-likeness (QED) is 0.527. The highest BCUT2D eigenvalue weighted by molar-refractivity contribution is 7.89. The van der Waals surface area contributed by atoms with Gasteiger partial charge in [-0.2, -0.15) is 4.31 Å². The molecule has 0 atom stereocenters. The summed E-state index contributed by atoms with van der Waals surface area (Å²) in [5.74, 6) is -0.397. The first kappa shape index (κ1) is 20.7. The molecular formula is C19H22N4O5S. The van der Waals surface area contributed by atoms with Crippen LogP contribution < -0.4 is 10.6 Å². The number of anilines is 2. The van der Waals surface area contributed by atoms with Crippen LogP contribution in [0.2, 0.25) is 0 Å². The fourth-order valence-electron chi connectivity index (χ4n) is 3.21. The Morgan fingerprint density at radius 2 is 1.86 bits per heavy atom. The van der Waals surface area contributed by atoms with Crippen molar-refractivity contribution >= 4 is 33.0 Å². The lowest BCUT2D eigenvalue weighted by atomic mass is 10.1. The third kappa shape index (κ3) is 4.72. The van der Waals surface area contributed by atoms with Crippen LogP contribution in [0.3, 0.4) is 0 Å². The molecule has 2 aromatic rings. The Bertz CT molecular complexity index is 1030. The highest BCUT2D eigenvalue weighted by atomic mass is 32.2. The second-order valence-corrected chi connectivity index (χ2v) is 8.69. The average Bonchev–Trinajstić information content (AvgIpc) is 3.23. The van der Waals surface area contributed by atoms with Crippen molar-refractivity contribution in [2.75, 3.05) is 30.3 Å². The molecule has 3 rings (SSSR count). The van der Waals surface area contributed by atoms with Crippen molar-refractivity contribution in [2.24, 2.45) is 0 Å². The minimum atomic E-state index is -3.57. The fourth-order valence-corrected chi connectivity index (χ4v) is 4.77. The summed E-state index contributed by atoms with van der Waals surface area (Å²) in [5.41, 5.74) is 1.26. The van der Waals surface area contributed by atoms with E-state index in [4.69, 9.17) is 0 Å². The van der Waals surface area contributed by atoms with Crippen molar-refractivity contribution in [2.45, 2.75) is 24.7 Å². The predicted molar refractivity (Wildman–Crippen MR) is 109 cm³/mol. The van der Waals surface area contributed by atoms with Gasteiger partial charge in [-0.3, -0.25) is 14.9 Å². The van der Waals surface area contributed by atoms with E-state index in [0.717, 1.165) is 12.8 Å². The summed E-state index contributed by atoms with van der Waals surface area (Å²) in [6.45, 7) is 2.49. The first-order chi connectivity index (χ1) is 13.8. The molecule has 10 heteroatoms. The van der Waals surface area contributed by atoms with E-state index in [2.05, 4.69) is 10.6 Å². The Balaban J connectivity index is 1.66. The summed E-state index contributed by atoms with van der Waals surface area (Å²) in [6.07, 6.45) is 1.69. The summed E-state index contributed by atoms with van der Waals surface area (Å²) < 4.78 is 26.8. The zero-order chi connectivity index (χ0) is 21.0. The number of amides is 1. The van der Waals surface area contributed by atoms with Crippen LogP contribution in [0, 0.1) is 17.0 Å². The number of carbonyl (C=O) groups excluding carboxylic acids is 1. The molecule has 1 aliphatic heterocycles. The molecule has 0 aliphatic carbocycles. The zero-order valence-corrected chi connectivity index (χ0v) is 16.7. The Hall–Kier alpha value is -2.98. The molecule has 0 aromatic heterocycles. The van der Waals surface area contributed by atoms with E-state index in [0.29, 0.717) is 30.0 Å². The van der Waals surface area contributed by atoms with Crippen LogP contribution in [0.1, 0.15) is 18.4 Å². The zero-order valence-electron chi connectivity index (χ0n) is 15.9. The molecule has 9 nitrogen and oxygen atoms in total. The van der Waals surface area contributed by atoms with Crippen LogP contribution in [0.25, 0.3) is 0 Å². The summed E-state index contributed by atoms with van der Waals surface area (Å²) in [7, 11) is -3.57. The van der Waals surface area contributed by atoms with Gasteiger partial charge in [-0.05, 0) is 44.0 Å². The van der Waals surface area contributed by atoms with E-state index < -0.39 is 20.9 Å². The SMILES string of the molecule is Cc1c(NCC(=O)Nc2cccc(S(=O)(=O)N3CCCC3)c2)cccc1[N+](=O)[O-]. The smallest absolute Gasteiger partial charge is 0.274 e. The van der Waals surface area contributed by atoms with E-state index in [-0.39, 0.29) is 17.1 Å². The Morgan fingerprint density at radius 1 is 1.17 bits per heavy atom. The van der Waals surface area contributed by atoms with Crippen LogP contribution >= 0.6 is 0 Å². The highest BCUT2D eigenvalue weighted by Gasteiger charge is 2.27. The van der Waals surface area contributed by atoms with Crippen LogP contribution in [0.5, 0.6) is 0 Å². The number of carbonyl (C=O) groups is 1. The topological polar surface area (TPSA) is 122 Å². The van der Waals surface area contributed by atoms with Crippen LogP contribution in [-0.4, -0.2) is 43.2 Å². The predicted octanol–water partition coefficient (Wildman–Crippen LogP) is 2.74. The molecule has 1 amide bonds. The number of sulfonamides is 1. The Labute approximate surface area is 168 Å². The molecule has 1 saturated heterocycles. The highest BCUT2D eigenvalue weighted by Crippen LogP contribution is 2.25. The largest absolute Gasteiger partial charge is 0.376 e. The van der Waals surface area contributed by atoms with Gasteiger partial charge in [-0.25, -0.2) is 8.42 Å². The number of benzene rings is 2. The van der Waals surface area contributed by atoms with Crippen molar-refractivity contribution in [3.8, 4) is 0 Å². The van der Waals surface area contributed by atoms with Gasteiger partial charge < -0.3 is 10.6 Å². The minimum Gasteiger partial charge on any atom is -0.376 e. The van der Waals surface area contributed by atoms with Crippen LogP contribution in [0.4, 0.5) is 17.1 Å². The molecule has 1 fully saturated rings. The summed E-state index contributed by atoms with van der Waals surface area (Å²) in [6, 6.07) is 10.7. The van der Waals surface area contributed by atoms with Crippen molar-refractivity contribution in [1.82, 2.24) is 4.31 Å². The maximum atomic E-state index is 12.7. The van der Waals surface area contributed by atoms with Gasteiger partial charge in [0, 0.05) is 36.1 Å². The van der Waals surface area contributed by atoms with Crippen LogP contribution in [0.15, 0.2) is 47.4 Å². The van der Waals surface area contributed by atoms with E-state index in [1.165, 1.54) is 28.6 Å². The molecule has 0 saturated carbocycles. The van der Waals surface area contributed by atoms with Crippen molar-refractivity contribution in [3.05, 3.63) is 58.1 Å². The first-order valence-corrected chi connectivity index (χ1v) is 10.6. The van der Waals surface area contributed by atoms with Crippen LogP contribution in [-0.2, 0) is 14.8 Å². The van der Waals surface area contributed by atoms with Crippen molar-refractivity contribution in [1.29, 1.82) is 0 Å². The molecule has 1 aliphatic rings. The molecular weight excluding hydrogens is 396 g/mol. The van der Waals surface area contributed by atoms with E-state index in [1.54, 1.807) is 25.1 Å². The number of hydrogen-bond donors (Lipinski definition) is 2. The lowest BCUT2D eigenvalue weighted by molar-refractivity contribution is -0.385. The molecule has 0 radical (unpaired) electrons. The molecule has 0 spiro atoms. The van der Waals surface area contributed by atoms with Gasteiger partial charge in [0.1, 0.15) is 0 Å². The third-order valence-corrected chi connectivity index (χ3v) is 6.66. The van der Waals surface area contributed by atoms with Gasteiger partial charge in [0.2, 0.25) is 15.9 Å². The number of rotatable bonds is 7. The molecule has 29 heavy (non-hydrogen) atoms. The third-order valence-electron chi connectivity index (χ3n) is 4.76. The van der Waals surface area contributed by atoms with Gasteiger partial charge in [-0.15, -0.1) is 0 Å². The number of nitrogens with one attached hydrogen (secondary N) is 2. The summed E-state index contributed by atoms with van der Waals surface area (Å²) >= 11 is 0.